The molecule has 1 aliphatic rings. The molecule has 96 valence electrons. The summed E-state index contributed by atoms with van der Waals surface area (Å²) in [6, 6.07) is 0. The van der Waals surface area contributed by atoms with Crippen molar-refractivity contribution in [2.75, 3.05) is 13.2 Å². The van der Waals surface area contributed by atoms with E-state index in [1.165, 1.54) is 0 Å². The molecule has 0 radical (unpaired) electrons. The zero-order valence-corrected chi connectivity index (χ0v) is 10.5. The van der Waals surface area contributed by atoms with Gasteiger partial charge < -0.3 is 13.7 Å². The van der Waals surface area contributed by atoms with Crippen LogP contribution in [0.1, 0.15) is 36.7 Å². The molecule has 0 aliphatic carbocycles. The molecule has 0 aromatic carbocycles. The number of aromatic nitrogens is 3. The molecule has 1 atom stereocenters. The van der Waals surface area contributed by atoms with E-state index in [-0.39, 0.29) is 5.92 Å². The van der Waals surface area contributed by atoms with E-state index in [9.17, 15) is 0 Å². The van der Waals surface area contributed by atoms with Gasteiger partial charge in [0.05, 0.1) is 12.3 Å². The first kappa shape index (κ1) is 11.4. The molecule has 6 heteroatoms. The van der Waals surface area contributed by atoms with Gasteiger partial charge in [0.1, 0.15) is 0 Å². The topological polar surface area (TPSA) is 74.2 Å². The van der Waals surface area contributed by atoms with E-state index in [1.54, 1.807) is 0 Å². The number of ether oxygens (including phenoxy) is 1. The quantitative estimate of drug-likeness (QED) is 0.829. The van der Waals surface area contributed by atoms with Gasteiger partial charge in [0, 0.05) is 18.9 Å². The molecule has 1 fully saturated rings. The van der Waals surface area contributed by atoms with Crippen molar-refractivity contribution in [1.82, 2.24) is 15.1 Å². The van der Waals surface area contributed by atoms with Crippen molar-refractivity contribution in [2.24, 2.45) is 0 Å². The molecule has 1 aliphatic heterocycles. The van der Waals surface area contributed by atoms with Gasteiger partial charge in [0.15, 0.2) is 11.7 Å². The third-order valence-electron chi connectivity index (χ3n) is 3.07. The third-order valence-corrected chi connectivity index (χ3v) is 3.07. The Morgan fingerprint density at radius 3 is 2.89 bits per heavy atom. The Labute approximate surface area is 104 Å². The fourth-order valence-electron chi connectivity index (χ4n) is 2.03. The van der Waals surface area contributed by atoms with Crippen LogP contribution in [0.15, 0.2) is 8.94 Å². The molecule has 2 aromatic heterocycles. The maximum Gasteiger partial charge on any atom is 0.295 e. The Morgan fingerprint density at radius 1 is 1.33 bits per heavy atom. The molecule has 1 saturated heterocycles. The monoisotopic (exact) mass is 249 g/mol. The van der Waals surface area contributed by atoms with Crippen LogP contribution >= 0.6 is 0 Å². The van der Waals surface area contributed by atoms with Gasteiger partial charge in [0.2, 0.25) is 5.76 Å². The van der Waals surface area contributed by atoms with Crippen molar-refractivity contribution in [2.45, 2.75) is 32.6 Å². The fraction of sp³-hybridized carbons (Fsp3) is 0.583. The van der Waals surface area contributed by atoms with Crippen molar-refractivity contribution >= 4 is 0 Å². The van der Waals surface area contributed by atoms with E-state index < -0.39 is 0 Å². The van der Waals surface area contributed by atoms with E-state index >= 15 is 0 Å². The van der Waals surface area contributed by atoms with Gasteiger partial charge in [-0.15, -0.1) is 0 Å². The molecule has 0 amide bonds. The summed E-state index contributed by atoms with van der Waals surface area (Å²) in [5.74, 6) is 2.59. The Hall–Kier alpha value is -1.69. The highest BCUT2D eigenvalue weighted by molar-refractivity contribution is 5.47. The Kier molecular flexibility index (Phi) is 2.87. The van der Waals surface area contributed by atoms with Crippen LogP contribution in [0.25, 0.3) is 11.7 Å². The molecule has 18 heavy (non-hydrogen) atoms. The smallest absolute Gasteiger partial charge is 0.295 e. The van der Waals surface area contributed by atoms with Gasteiger partial charge in [-0.25, -0.2) is 4.98 Å². The molecule has 6 nitrogen and oxygen atoms in total. The number of rotatable bonds is 3. The predicted molar refractivity (Wildman–Crippen MR) is 62.1 cm³/mol. The zero-order chi connectivity index (χ0) is 12.5. The fourth-order valence-corrected chi connectivity index (χ4v) is 2.03. The van der Waals surface area contributed by atoms with Gasteiger partial charge in [-0.05, 0) is 13.3 Å². The van der Waals surface area contributed by atoms with E-state index in [2.05, 4.69) is 15.1 Å². The second kappa shape index (κ2) is 4.53. The predicted octanol–water partition coefficient (Wildman–Crippen LogP) is 2.10. The normalized spacial score (nSPS) is 19.6. The molecule has 0 spiro atoms. The first-order valence-electron chi connectivity index (χ1n) is 6.16. The third kappa shape index (κ3) is 1.92. The average molecular weight is 249 g/mol. The van der Waals surface area contributed by atoms with Crippen LogP contribution < -0.4 is 0 Å². The molecule has 2 aromatic rings. The minimum atomic E-state index is 0.233. The lowest BCUT2D eigenvalue weighted by Gasteiger charge is -1.97. The van der Waals surface area contributed by atoms with Gasteiger partial charge in [-0.1, -0.05) is 12.1 Å². The summed E-state index contributed by atoms with van der Waals surface area (Å²) in [4.78, 5) is 8.67. The molecule has 3 heterocycles. The summed E-state index contributed by atoms with van der Waals surface area (Å²) in [5.41, 5.74) is 0.782. The summed E-state index contributed by atoms with van der Waals surface area (Å²) >= 11 is 0. The van der Waals surface area contributed by atoms with Crippen LogP contribution in [0, 0.1) is 6.92 Å². The minimum absolute atomic E-state index is 0.233. The van der Waals surface area contributed by atoms with Crippen molar-refractivity contribution in [1.29, 1.82) is 0 Å². The van der Waals surface area contributed by atoms with Gasteiger partial charge in [0.25, 0.3) is 5.89 Å². The second-order valence-corrected chi connectivity index (χ2v) is 4.39. The van der Waals surface area contributed by atoms with E-state index in [0.717, 1.165) is 25.1 Å². The van der Waals surface area contributed by atoms with Crippen LogP contribution in [0.3, 0.4) is 0 Å². The van der Waals surface area contributed by atoms with Crippen molar-refractivity contribution in [3.63, 3.8) is 0 Å². The highest BCUT2D eigenvalue weighted by Crippen LogP contribution is 2.27. The number of aryl methyl sites for hydroxylation is 2. The van der Waals surface area contributed by atoms with Crippen molar-refractivity contribution < 1.29 is 13.7 Å². The molecule has 0 bridgehead atoms. The van der Waals surface area contributed by atoms with Crippen LogP contribution in [0.2, 0.25) is 0 Å². The maximum absolute atomic E-state index is 5.59. The molecule has 0 saturated carbocycles. The molecule has 1 unspecified atom stereocenters. The van der Waals surface area contributed by atoms with Crippen molar-refractivity contribution in [3.8, 4) is 11.7 Å². The number of hydrogen-bond donors (Lipinski definition) is 0. The van der Waals surface area contributed by atoms with Gasteiger partial charge >= 0.3 is 0 Å². The van der Waals surface area contributed by atoms with Crippen LogP contribution in [0.5, 0.6) is 0 Å². The largest absolute Gasteiger partial charge is 0.435 e. The average Bonchev–Trinajstić information content (AvgIpc) is 3.08. The SMILES string of the molecule is CCc1nc(C)c(-c2nc(C3CCOC3)no2)o1. The maximum atomic E-state index is 5.59. The summed E-state index contributed by atoms with van der Waals surface area (Å²) in [6.07, 6.45) is 1.69. The van der Waals surface area contributed by atoms with Crippen LogP contribution in [0.4, 0.5) is 0 Å². The zero-order valence-electron chi connectivity index (χ0n) is 10.5. The van der Waals surface area contributed by atoms with E-state index in [4.69, 9.17) is 13.7 Å². The lowest BCUT2D eigenvalue weighted by Crippen LogP contribution is -1.99. The molecule has 0 N–H and O–H groups in total. The Balaban J connectivity index is 1.89. The summed E-state index contributed by atoms with van der Waals surface area (Å²) in [7, 11) is 0. The number of hydrogen-bond acceptors (Lipinski definition) is 6. The summed E-state index contributed by atoms with van der Waals surface area (Å²) in [5, 5.41) is 4.00. The number of oxazole rings is 1. The summed E-state index contributed by atoms with van der Waals surface area (Å²) < 4.78 is 16.2. The highest BCUT2D eigenvalue weighted by Gasteiger charge is 2.25. The standard InChI is InChI=1S/C12H15N3O3/c1-3-9-13-7(2)10(17-9)12-14-11(15-18-12)8-4-5-16-6-8/h8H,3-6H2,1-2H3. The highest BCUT2D eigenvalue weighted by atomic mass is 16.5. The Morgan fingerprint density at radius 2 is 2.22 bits per heavy atom. The lowest BCUT2D eigenvalue weighted by molar-refractivity contribution is 0.192. The number of nitrogens with zero attached hydrogens (tertiary/aromatic N) is 3. The first-order valence-corrected chi connectivity index (χ1v) is 6.16. The summed E-state index contributed by atoms with van der Waals surface area (Å²) in [6.45, 7) is 5.29. The van der Waals surface area contributed by atoms with E-state index in [0.29, 0.717) is 30.0 Å². The minimum Gasteiger partial charge on any atom is -0.435 e. The van der Waals surface area contributed by atoms with Crippen LogP contribution in [-0.4, -0.2) is 28.3 Å². The first-order chi connectivity index (χ1) is 8.78. The molecule has 3 rings (SSSR count). The van der Waals surface area contributed by atoms with Crippen molar-refractivity contribution in [3.05, 3.63) is 17.4 Å². The Bertz CT molecular complexity index is 541. The van der Waals surface area contributed by atoms with E-state index in [1.807, 2.05) is 13.8 Å². The molecular weight excluding hydrogens is 234 g/mol. The van der Waals surface area contributed by atoms with Gasteiger partial charge in [-0.2, -0.15) is 4.98 Å². The second-order valence-electron chi connectivity index (χ2n) is 4.39. The lowest BCUT2D eigenvalue weighted by atomic mass is 10.1. The van der Waals surface area contributed by atoms with Gasteiger partial charge in [-0.3, -0.25) is 0 Å². The molecular formula is C12H15N3O3. The van der Waals surface area contributed by atoms with Crippen LogP contribution in [-0.2, 0) is 11.2 Å².